The molecule has 0 fully saturated rings. The second-order valence-corrected chi connectivity index (χ2v) is 8.28. The zero-order valence-corrected chi connectivity index (χ0v) is 18.7. The van der Waals surface area contributed by atoms with Crippen LogP contribution in [0.2, 0.25) is 0 Å². The number of carbonyl (C=O) groups is 1. The van der Waals surface area contributed by atoms with E-state index in [1.807, 2.05) is 0 Å². The molecule has 0 aliphatic carbocycles. The maximum atomic E-state index is 14.7. The summed E-state index contributed by atoms with van der Waals surface area (Å²) in [6.07, 6.45) is -1.82. The van der Waals surface area contributed by atoms with Crippen molar-refractivity contribution in [3.8, 4) is 11.4 Å². The van der Waals surface area contributed by atoms with Crippen molar-refractivity contribution in [2.75, 3.05) is 6.54 Å². The third-order valence-electron chi connectivity index (χ3n) is 6.25. The van der Waals surface area contributed by atoms with Crippen molar-refractivity contribution in [3.05, 3.63) is 46.8 Å². The Bertz CT molecular complexity index is 1450. The van der Waals surface area contributed by atoms with Crippen molar-refractivity contribution in [1.29, 1.82) is 0 Å². The zero-order chi connectivity index (χ0) is 24.5. The van der Waals surface area contributed by atoms with Gasteiger partial charge in [0, 0.05) is 33.3 Å². The summed E-state index contributed by atoms with van der Waals surface area (Å²) in [4.78, 5) is 18.9. The Morgan fingerprint density at radius 2 is 1.82 bits per heavy atom. The highest BCUT2D eigenvalue weighted by Crippen LogP contribution is 2.38. The van der Waals surface area contributed by atoms with E-state index in [0.717, 1.165) is 16.9 Å². The number of carbonyl (C=O) groups excluding carboxylic acids is 1. The quantitative estimate of drug-likeness (QED) is 0.415. The fraction of sp³-hybridized carbons (Fsp3) is 0.381. The molecule has 9 nitrogen and oxygen atoms in total. The summed E-state index contributed by atoms with van der Waals surface area (Å²) in [7, 11) is 4.51. The number of nitrogens with zero attached hydrogens (tertiary/aromatic N) is 8. The molecule has 0 spiro atoms. The molecule has 0 saturated heterocycles. The van der Waals surface area contributed by atoms with Gasteiger partial charge in [-0.25, -0.2) is 9.37 Å². The van der Waals surface area contributed by atoms with Crippen LogP contribution in [0.3, 0.4) is 0 Å². The molecular weight excluding hydrogens is 456 g/mol. The van der Waals surface area contributed by atoms with Crippen LogP contribution in [0.1, 0.15) is 40.3 Å². The van der Waals surface area contributed by atoms with Crippen LogP contribution in [-0.2, 0) is 33.7 Å². The van der Waals surface area contributed by atoms with E-state index in [2.05, 4.69) is 20.3 Å². The monoisotopic (exact) mass is 476 g/mol. The van der Waals surface area contributed by atoms with Gasteiger partial charge in [-0.3, -0.25) is 18.8 Å². The van der Waals surface area contributed by atoms with Gasteiger partial charge < -0.3 is 4.90 Å². The van der Waals surface area contributed by atoms with E-state index >= 15 is 0 Å². The fourth-order valence-electron chi connectivity index (χ4n) is 4.62. The average Bonchev–Trinajstić information content (AvgIpc) is 3.42. The number of hydrogen-bond acceptors (Lipinski definition) is 5. The van der Waals surface area contributed by atoms with Gasteiger partial charge in [0.1, 0.15) is 11.4 Å². The predicted octanol–water partition coefficient (Wildman–Crippen LogP) is 3.02. The van der Waals surface area contributed by atoms with E-state index < -0.39 is 29.6 Å². The number of rotatable bonds is 2. The molecule has 0 unspecified atom stereocenters. The average molecular weight is 476 g/mol. The van der Waals surface area contributed by atoms with E-state index in [1.54, 1.807) is 21.0 Å². The molecule has 1 aliphatic heterocycles. The van der Waals surface area contributed by atoms with E-state index in [4.69, 9.17) is 0 Å². The van der Waals surface area contributed by atoms with Crippen molar-refractivity contribution in [2.45, 2.75) is 25.6 Å². The molecule has 1 aliphatic rings. The Hall–Kier alpha value is -3.77. The lowest BCUT2D eigenvalue weighted by molar-refractivity contribution is -0.143. The van der Waals surface area contributed by atoms with Crippen molar-refractivity contribution in [2.24, 2.45) is 21.1 Å². The number of aryl methyl sites for hydroxylation is 3. The Kier molecular flexibility index (Phi) is 4.78. The van der Waals surface area contributed by atoms with Gasteiger partial charge >= 0.3 is 6.18 Å². The molecule has 34 heavy (non-hydrogen) atoms. The minimum atomic E-state index is -4.54. The van der Waals surface area contributed by atoms with E-state index in [0.29, 0.717) is 34.4 Å². The zero-order valence-electron chi connectivity index (χ0n) is 18.7. The number of pyridine rings is 1. The molecule has 1 atom stereocenters. The van der Waals surface area contributed by atoms with Crippen LogP contribution >= 0.6 is 0 Å². The van der Waals surface area contributed by atoms with Crippen molar-refractivity contribution >= 4 is 16.9 Å². The van der Waals surface area contributed by atoms with E-state index in [1.165, 1.54) is 27.5 Å². The third-order valence-corrected chi connectivity index (χ3v) is 6.25. The molecule has 0 aromatic carbocycles. The van der Waals surface area contributed by atoms with Crippen molar-refractivity contribution in [3.63, 3.8) is 0 Å². The van der Waals surface area contributed by atoms with E-state index in [9.17, 15) is 22.4 Å². The normalized spacial score (nSPS) is 16.4. The largest absolute Gasteiger partial charge is 0.433 e. The minimum absolute atomic E-state index is 0.121. The molecule has 1 amide bonds. The first-order valence-electron chi connectivity index (χ1n) is 10.4. The van der Waals surface area contributed by atoms with Gasteiger partial charge in [0.15, 0.2) is 11.5 Å². The van der Waals surface area contributed by atoms with Gasteiger partial charge in [-0.2, -0.15) is 28.5 Å². The van der Waals surface area contributed by atoms with Gasteiger partial charge in [-0.15, -0.1) is 0 Å². The van der Waals surface area contributed by atoms with Gasteiger partial charge in [0.05, 0.1) is 40.8 Å². The highest BCUT2D eigenvalue weighted by molar-refractivity contribution is 6.05. The molecule has 13 heteroatoms. The number of halogens is 4. The summed E-state index contributed by atoms with van der Waals surface area (Å²) in [5.41, 5.74) is 1.25. The number of fused-ring (bicyclic) bond motifs is 2. The Morgan fingerprint density at radius 3 is 2.50 bits per heavy atom. The summed E-state index contributed by atoms with van der Waals surface area (Å²) >= 11 is 0. The van der Waals surface area contributed by atoms with Crippen LogP contribution in [0.15, 0.2) is 18.5 Å². The maximum absolute atomic E-state index is 14.7. The van der Waals surface area contributed by atoms with Crippen molar-refractivity contribution in [1.82, 2.24) is 39.2 Å². The number of alkyl halides is 3. The lowest BCUT2D eigenvalue weighted by Crippen LogP contribution is -2.39. The molecule has 0 saturated carbocycles. The Morgan fingerprint density at radius 1 is 1.09 bits per heavy atom. The summed E-state index contributed by atoms with van der Waals surface area (Å²) in [6.45, 7) is 1.99. The predicted molar refractivity (Wildman–Crippen MR) is 112 cm³/mol. The second kappa shape index (κ2) is 7.37. The molecule has 4 aromatic rings. The smallest absolute Gasteiger partial charge is 0.330 e. The van der Waals surface area contributed by atoms with Crippen LogP contribution in [0.5, 0.6) is 0 Å². The first-order valence-corrected chi connectivity index (χ1v) is 10.4. The maximum Gasteiger partial charge on any atom is 0.433 e. The lowest BCUT2D eigenvalue weighted by Gasteiger charge is -2.33. The SMILES string of the molecule is C[C@H]1c2nn(C)c(-c3cc(C(F)(F)F)n(C)n3)c2CCN1C(=O)c1c(F)cnc2c1cnn2C. The first-order chi connectivity index (χ1) is 16.0. The first kappa shape index (κ1) is 22.0. The Labute approximate surface area is 190 Å². The molecule has 0 bridgehead atoms. The van der Waals surface area contributed by atoms with Crippen LogP contribution in [-0.4, -0.2) is 51.7 Å². The van der Waals surface area contributed by atoms with Gasteiger partial charge in [0.2, 0.25) is 0 Å². The Balaban J connectivity index is 1.54. The molecule has 5 heterocycles. The molecule has 4 aromatic heterocycles. The standard InChI is InChI=1S/C21H20F4N8O/c1-10-17-11(18(31(3)29-17)14-7-15(21(23,24)25)30(2)28-14)5-6-33(10)20(34)16-12-8-27-32(4)19(12)26-9-13(16)22/h7-10H,5-6H2,1-4H3/t10-/m0/s1. The highest BCUT2D eigenvalue weighted by Gasteiger charge is 2.38. The van der Waals surface area contributed by atoms with Crippen LogP contribution in [0.25, 0.3) is 22.4 Å². The van der Waals surface area contributed by atoms with Crippen LogP contribution in [0.4, 0.5) is 17.6 Å². The summed E-state index contributed by atoms with van der Waals surface area (Å²) in [6, 6.07) is 0.451. The molecule has 5 rings (SSSR count). The van der Waals surface area contributed by atoms with Gasteiger partial charge in [-0.1, -0.05) is 0 Å². The summed E-state index contributed by atoms with van der Waals surface area (Å²) < 4.78 is 58.3. The second-order valence-electron chi connectivity index (χ2n) is 8.28. The fourth-order valence-corrected chi connectivity index (χ4v) is 4.62. The summed E-state index contributed by atoms with van der Waals surface area (Å²) in [5.74, 6) is -1.28. The molecule has 0 N–H and O–H groups in total. The van der Waals surface area contributed by atoms with Crippen molar-refractivity contribution < 1.29 is 22.4 Å². The molecular formula is C21H20F4N8O. The molecule has 0 radical (unpaired) electrons. The third kappa shape index (κ3) is 3.17. The lowest BCUT2D eigenvalue weighted by atomic mass is 9.96. The van der Waals surface area contributed by atoms with Gasteiger partial charge in [0.25, 0.3) is 5.91 Å². The minimum Gasteiger partial charge on any atom is -0.330 e. The number of hydrogen-bond donors (Lipinski definition) is 0. The number of amides is 1. The van der Waals surface area contributed by atoms with Crippen LogP contribution < -0.4 is 0 Å². The number of aromatic nitrogens is 7. The van der Waals surface area contributed by atoms with Crippen LogP contribution in [0, 0.1) is 5.82 Å². The van der Waals surface area contributed by atoms with E-state index in [-0.39, 0.29) is 17.8 Å². The molecule has 178 valence electrons. The van der Waals surface area contributed by atoms with Gasteiger partial charge in [-0.05, 0) is 19.4 Å². The summed E-state index contributed by atoms with van der Waals surface area (Å²) in [5, 5.41) is 12.9. The topological polar surface area (TPSA) is 86.7 Å². The highest BCUT2D eigenvalue weighted by atomic mass is 19.4.